The molecule has 0 fully saturated rings. The van der Waals surface area contributed by atoms with E-state index in [9.17, 15) is 0 Å². The standard InChI is InChI=1S/C18H29N5O2.HI/c1-7-13-12(14(8-2)25-23-13)9-21-17(19-6)22-11-16-20-10-15(24-16)18(3,4)5;/h10H,7-9,11H2,1-6H3,(H2,19,21,22);1H. The van der Waals surface area contributed by atoms with E-state index in [1.807, 2.05) is 0 Å². The van der Waals surface area contributed by atoms with Crippen LogP contribution in [0.4, 0.5) is 0 Å². The second kappa shape index (κ2) is 9.94. The van der Waals surface area contributed by atoms with Crippen LogP contribution in [0.3, 0.4) is 0 Å². The van der Waals surface area contributed by atoms with Crippen LogP contribution in [0.15, 0.2) is 20.1 Å². The van der Waals surface area contributed by atoms with E-state index in [1.54, 1.807) is 13.2 Å². The predicted molar refractivity (Wildman–Crippen MR) is 113 cm³/mol. The molecule has 146 valence electrons. The average Bonchev–Trinajstić information content (AvgIpc) is 3.20. The van der Waals surface area contributed by atoms with Gasteiger partial charge < -0.3 is 19.6 Å². The molecule has 2 heterocycles. The maximum absolute atomic E-state index is 5.78. The Morgan fingerprint density at radius 2 is 1.85 bits per heavy atom. The maximum atomic E-state index is 5.78. The predicted octanol–water partition coefficient (Wildman–Crippen LogP) is 3.57. The van der Waals surface area contributed by atoms with Gasteiger partial charge in [-0.25, -0.2) is 4.98 Å². The molecule has 2 rings (SSSR count). The van der Waals surface area contributed by atoms with Crippen LogP contribution in [-0.2, 0) is 31.3 Å². The van der Waals surface area contributed by atoms with Crippen LogP contribution in [0.25, 0.3) is 0 Å². The quantitative estimate of drug-likeness (QED) is 0.378. The summed E-state index contributed by atoms with van der Waals surface area (Å²) in [7, 11) is 1.74. The second-order valence-corrected chi connectivity index (χ2v) is 6.89. The summed E-state index contributed by atoms with van der Waals surface area (Å²) in [5, 5.41) is 10.6. The third kappa shape index (κ3) is 5.72. The Bertz CT molecular complexity index is 694. The summed E-state index contributed by atoms with van der Waals surface area (Å²) in [4.78, 5) is 8.56. The summed E-state index contributed by atoms with van der Waals surface area (Å²) < 4.78 is 11.2. The summed E-state index contributed by atoms with van der Waals surface area (Å²) in [6.45, 7) is 11.5. The molecule has 0 unspecified atom stereocenters. The van der Waals surface area contributed by atoms with E-state index in [0.717, 1.165) is 35.6 Å². The Morgan fingerprint density at radius 3 is 2.38 bits per heavy atom. The van der Waals surface area contributed by atoms with E-state index in [1.165, 1.54) is 0 Å². The fraction of sp³-hybridized carbons (Fsp3) is 0.611. The lowest BCUT2D eigenvalue weighted by Gasteiger charge is -2.13. The van der Waals surface area contributed by atoms with Gasteiger partial charge >= 0.3 is 0 Å². The van der Waals surface area contributed by atoms with E-state index in [4.69, 9.17) is 8.94 Å². The third-order valence-corrected chi connectivity index (χ3v) is 3.96. The van der Waals surface area contributed by atoms with Gasteiger partial charge in [-0.05, 0) is 6.42 Å². The van der Waals surface area contributed by atoms with Crippen molar-refractivity contribution in [2.75, 3.05) is 7.05 Å². The van der Waals surface area contributed by atoms with Crippen molar-refractivity contribution >= 4 is 29.9 Å². The maximum Gasteiger partial charge on any atom is 0.213 e. The lowest BCUT2D eigenvalue weighted by atomic mass is 9.94. The van der Waals surface area contributed by atoms with Crippen molar-refractivity contribution in [3.8, 4) is 0 Å². The monoisotopic (exact) mass is 475 g/mol. The van der Waals surface area contributed by atoms with Crippen molar-refractivity contribution in [2.45, 2.75) is 66.0 Å². The van der Waals surface area contributed by atoms with Gasteiger partial charge in [0.1, 0.15) is 11.5 Å². The largest absolute Gasteiger partial charge is 0.443 e. The molecule has 0 atom stereocenters. The summed E-state index contributed by atoms with van der Waals surface area (Å²) >= 11 is 0. The van der Waals surface area contributed by atoms with Gasteiger partial charge in [0, 0.05) is 31.0 Å². The molecule has 0 aliphatic heterocycles. The van der Waals surface area contributed by atoms with Crippen molar-refractivity contribution in [2.24, 2.45) is 4.99 Å². The van der Waals surface area contributed by atoms with Gasteiger partial charge in [0.15, 0.2) is 5.96 Å². The first-order chi connectivity index (χ1) is 11.9. The van der Waals surface area contributed by atoms with Crippen LogP contribution in [0.2, 0.25) is 0 Å². The Hall–Kier alpha value is -1.58. The van der Waals surface area contributed by atoms with E-state index in [-0.39, 0.29) is 29.4 Å². The number of aromatic nitrogens is 2. The zero-order valence-corrected chi connectivity index (χ0v) is 18.8. The van der Waals surface area contributed by atoms with E-state index in [0.29, 0.717) is 24.9 Å². The molecule has 8 heteroatoms. The van der Waals surface area contributed by atoms with Crippen LogP contribution in [0.5, 0.6) is 0 Å². The van der Waals surface area contributed by atoms with Gasteiger partial charge in [0.05, 0.1) is 18.4 Å². The van der Waals surface area contributed by atoms with Crippen LogP contribution in [0, 0.1) is 0 Å². The molecule has 0 bridgehead atoms. The smallest absolute Gasteiger partial charge is 0.213 e. The van der Waals surface area contributed by atoms with Gasteiger partial charge in [-0.3, -0.25) is 4.99 Å². The van der Waals surface area contributed by atoms with Crippen LogP contribution in [0.1, 0.15) is 63.3 Å². The molecule has 0 amide bonds. The molecular formula is C18H30IN5O2. The Balaban J connectivity index is 0.00000338. The summed E-state index contributed by atoms with van der Waals surface area (Å²) in [6.07, 6.45) is 3.45. The van der Waals surface area contributed by atoms with Gasteiger partial charge in [0.2, 0.25) is 5.89 Å². The first kappa shape index (κ1) is 22.5. The highest BCUT2D eigenvalue weighted by Crippen LogP contribution is 2.22. The zero-order chi connectivity index (χ0) is 18.4. The molecule has 2 aromatic heterocycles. The minimum atomic E-state index is -0.0490. The average molecular weight is 475 g/mol. The SMILES string of the molecule is CCc1noc(CC)c1CNC(=NC)NCc1ncc(C(C)(C)C)o1.I. The molecule has 0 aliphatic carbocycles. The first-order valence-corrected chi connectivity index (χ1v) is 8.75. The summed E-state index contributed by atoms with van der Waals surface area (Å²) in [6, 6.07) is 0. The molecule has 2 aromatic rings. The Labute approximate surface area is 172 Å². The highest BCUT2D eigenvalue weighted by Gasteiger charge is 2.19. The second-order valence-electron chi connectivity index (χ2n) is 6.89. The van der Waals surface area contributed by atoms with E-state index in [2.05, 4.69) is 60.4 Å². The summed E-state index contributed by atoms with van der Waals surface area (Å²) in [5.74, 6) is 3.11. The van der Waals surface area contributed by atoms with Gasteiger partial charge in [0.25, 0.3) is 0 Å². The number of hydrogen-bond donors (Lipinski definition) is 2. The van der Waals surface area contributed by atoms with Crippen molar-refractivity contribution in [1.82, 2.24) is 20.8 Å². The first-order valence-electron chi connectivity index (χ1n) is 8.75. The minimum absolute atomic E-state index is 0. The van der Waals surface area contributed by atoms with Gasteiger partial charge in [-0.1, -0.05) is 39.8 Å². The molecule has 0 saturated heterocycles. The fourth-order valence-electron chi connectivity index (χ4n) is 2.43. The highest BCUT2D eigenvalue weighted by molar-refractivity contribution is 14.0. The molecule has 0 radical (unpaired) electrons. The van der Waals surface area contributed by atoms with Crippen molar-refractivity contribution in [1.29, 1.82) is 0 Å². The molecule has 2 N–H and O–H groups in total. The van der Waals surface area contributed by atoms with Crippen LogP contribution in [-0.4, -0.2) is 23.1 Å². The Kier molecular flexibility index (Phi) is 8.58. The molecule has 0 spiro atoms. The number of halogens is 1. The minimum Gasteiger partial charge on any atom is -0.443 e. The van der Waals surface area contributed by atoms with Crippen molar-refractivity contribution in [3.05, 3.63) is 34.9 Å². The fourth-order valence-corrected chi connectivity index (χ4v) is 2.43. The van der Waals surface area contributed by atoms with Gasteiger partial charge in [-0.2, -0.15) is 0 Å². The lowest BCUT2D eigenvalue weighted by molar-refractivity contribution is 0.379. The molecular weight excluding hydrogens is 445 g/mol. The topological polar surface area (TPSA) is 88.5 Å². The zero-order valence-electron chi connectivity index (χ0n) is 16.5. The van der Waals surface area contributed by atoms with E-state index < -0.39 is 0 Å². The Morgan fingerprint density at radius 1 is 1.15 bits per heavy atom. The van der Waals surface area contributed by atoms with E-state index >= 15 is 0 Å². The number of nitrogens with one attached hydrogen (secondary N) is 2. The number of aryl methyl sites for hydroxylation is 2. The highest BCUT2D eigenvalue weighted by atomic mass is 127. The normalized spacial score (nSPS) is 12.0. The lowest BCUT2D eigenvalue weighted by Crippen LogP contribution is -2.36. The van der Waals surface area contributed by atoms with Crippen molar-refractivity contribution in [3.63, 3.8) is 0 Å². The molecule has 7 nitrogen and oxygen atoms in total. The third-order valence-electron chi connectivity index (χ3n) is 3.96. The van der Waals surface area contributed by atoms with Crippen molar-refractivity contribution < 1.29 is 8.94 Å². The number of guanidine groups is 1. The molecule has 0 aromatic carbocycles. The summed E-state index contributed by atoms with van der Waals surface area (Å²) in [5.41, 5.74) is 2.05. The van der Waals surface area contributed by atoms with Crippen LogP contribution < -0.4 is 10.6 Å². The molecule has 0 aliphatic rings. The van der Waals surface area contributed by atoms with Crippen LogP contribution >= 0.6 is 24.0 Å². The molecule has 26 heavy (non-hydrogen) atoms. The van der Waals surface area contributed by atoms with Gasteiger partial charge in [-0.15, -0.1) is 24.0 Å². The number of hydrogen-bond acceptors (Lipinski definition) is 5. The number of oxazole rings is 1. The number of nitrogens with zero attached hydrogens (tertiary/aromatic N) is 3. The molecule has 0 saturated carbocycles. The number of aliphatic imine (C=N–C) groups is 1. The number of rotatable bonds is 6.